The average molecular weight is 1220 g/mol. The number of amides is 10. The van der Waals surface area contributed by atoms with Crippen molar-refractivity contribution in [1.82, 2.24) is 62.7 Å². The topological polar surface area (TPSA) is 578 Å². The van der Waals surface area contributed by atoms with Crippen molar-refractivity contribution in [3.8, 4) is 0 Å². The zero-order valence-corrected chi connectivity index (χ0v) is 49.4. The van der Waals surface area contributed by atoms with E-state index < -0.39 is 121 Å². The number of guanidine groups is 1. The standard InChI is InChI=1S/C53H98N22O11/c54-19-4-1-12-34(60)44(78)69-38(18-24-59)49(83)74-41(31-76)46(80)66-30-43(77)68-39(15-9-23-58)52(86)75-27-11-17-42(75)51(85)73-40(28-33-29-63-32-67-33)50(84)72-36(14-3-6-21-56)47(81)71-37(16-10-26-65-53(61)62)48(82)70-35(13-2-5-20-55)45(79)64-25-8-7-22-57/h16,29,32,34-36,38-42,76H,1-15,17-28,30-31,54-60H2,(H,63,67)(H,64,79)(H,66,80)(H,68,77)(H,69,78)(H,70,82)(H,71,81)(H,72,84)(H,73,85)(H,74,83)(H4,61,62,65)/b37-16-/t34-,35-,36-,38-,39+,40-,41-,42-/m0/s1. The molecule has 0 aliphatic carbocycles. The van der Waals surface area contributed by atoms with E-state index in [0.29, 0.717) is 96.1 Å². The highest BCUT2D eigenvalue weighted by atomic mass is 16.3. The van der Waals surface area contributed by atoms with Crippen LogP contribution in [0.15, 0.2) is 29.3 Å². The number of nitrogens with one attached hydrogen (secondary N) is 10. The Morgan fingerprint density at radius 1 is 0.628 bits per heavy atom. The summed E-state index contributed by atoms with van der Waals surface area (Å²) in [5.41, 5.74) is 51.3. The maximum absolute atomic E-state index is 14.5. The van der Waals surface area contributed by atoms with E-state index >= 15 is 0 Å². The summed E-state index contributed by atoms with van der Waals surface area (Å²) >= 11 is 0. The number of aliphatic hydroxyl groups is 1. The molecule has 1 aliphatic rings. The van der Waals surface area contributed by atoms with E-state index in [4.69, 9.17) is 51.6 Å². The van der Waals surface area contributed by atoms with Gasteiger partial charge in [-0.2, -0.15) is 0 Å². The molecule has 33 nitrogen and oxygen atoms in total. The first-order valence-electron chi connectivity index (χ1n) is 29.6. The molecular weight excluding hydrogens is 1120 g/mol. The third-order valence-corrected chi connectivity index (χ3v) is 13.8. The zero-order chi connectivity index (χ0) is 63.8. The van der Waals surface area contributed by atoms with Gasteiger partial charge in [0.25, 0.3) is 5.91 Å². The summed E-state index contributed by atoms with van der Waals surface area (Å²) in [5.74, 6) is -7.80. The molecule has 1 fully saturated rings. The van der Waals surface area contributed by atoms with Gasteiger partial charge in [0.1, 0.15) is 48.0 Å². The predicted octanol–water partition coefficient (Wildman–Crippen LogP) is -7.72. The van der Waals surface area contributed by atoms with Crippen LogP contribution in [0.5, 0.6) is 0 Å². The smallest absolute Gasteiger partial charge is 0.268 e. The van der Waals surface area contributed by atoms with E-state index in [1.54, 1.807) is 0 Å². The molecule has 2 heterocycles. The molecule has 86 heavy (non-hydrogen) atoms. The Bertz CT molecular complexity index is 2320. The third kappa shape index (κ3) is 28.7. The largest absolute Gasteiger partial charge is 0.394 e. The highest BCUT2D eigenvalue weighted by molar-refractivity contribution is 6.02. The van der Waals surface area contributed by atoms with Crippen LogP contribution in [0.2, 0.25) is 0 Å². The fourth-order valence-electron chi connectivity index (χ4n) is 8.99. The van der Waals surface area contributed by atoms with E-state index in [1.807, 2.05) is 0 Å². The number of aromatic nitrogens is 2. The third-order valence-electron chi connectivity index (χ3n) is 13.8. The van der Waals surface area contributed by atoms with E-state index in [2.05, 4.69) is 62.8 Å². The van der Waals surface area contributed by atoms with Crippen LogP contribution in [0.25, 0.3) is 0 Å². The van der Waals surface area contributed by atoms with Crippen LogP contribution in [0.3, 0.4) is 0 Å². The maximum atomic E-state index is 14.5. The monoisotopic (exact) mass is 1220 g/mol. The lowest BCUT2D eigenvalue weighted by molar-refractivity contribution is -0.142. The molecule has 0 spiro atoms. The molecule has 33 heteroatoms. The summed E-state index contributed by atoms with van der Waals surface area (Å²) in [6, 6.07) is -9.83. The Morgan fingerprint density at radius 3 is 1.80 bits per heavy atom. The lowest BCUT2D eigenvalue weighted by Crippen LogP contribution is -2.59. The van der Waals surface area contributed by atoms with E-state index in [1.165, 1.54) is 23.5 Å². The molecule has 29 N–H and O–H groups in total. The summed E-state index contributed by atoms with van der Waals surface area (Å²) in [6.07, 6.45) is 9.78. The summed E-state index contributed by atoms with van der Waals surface area (Å²) in [6.45, 7) is 0.367. The van der Waals surface area contributed by atoms with Crippen molar-refractivity contribution in [3.63, 3.8) is 0 Å². The Kier molecular flexibility index (Phi) is 37.6. The first-order chi connectivity index (χ1) is 41.3. The molecule has 1 aromatic rings. The minimum absolute atomic E-state index is 0.0216. The molecule has 8 atom stereocenters. The molecule has 1 aliphatic heterocycles. The van der Waals surface area contributed by atoms with Gasteiger partial charge in [0.05, 0.1) is 25.5 Å². The van der Waals surface area contributed by atoms with Gasteiger partial charge in [-0.1, -0.05) is 12.5 Å². The SMILES string of the molecule is NCCCCNC(=O)[C@H](CCCCN)NC(=O)/C(=C/CCN=C(N)N)NC(=O)[C@H](CCCCN)NC(=O)[C@H](Cc1cnc[nH]1)NC(=O)[C@@H]1CCCN1C(=O)[C@@H](CCCN)NC(=O)CNC(=O)[C@H](CO)NC(=O)[C@H](CCN)NC(=O)[C@@H](N)CCCCN. The zero-order valence-electron chi connectivity index (χ0n) is 49.4. The van der Waals surface area contributed by atoms with Crippen molar-refractivity contribution in [1.29, 1.82) is 0 Å². The van der Waals surface area contributed by atoms with Crippen LogP contribution in [-0.4, -0.2) is 205 Å². The molecule has 2 rings (SSSR count). The number of carbonyl (C=O) groups excluding carboxylic acids is 10. The fourth-order valence-corrected chi connectivity index (χ4v) is 8.99. The first kappa shape index (κ1) is 74.7. The number of aliphatic imine (C=N–C) groups is 1. The van der Waals surface area contributed by atoms with Gasteiger partial charge in [0.15, 0.2) is 5.96 Å². The minimum atomic E-state index is -1.57. The molecule has 486 valence electrons. The molecule has 0 bridgehead atoms. The van der Waals surface area contributed by atoms with Gasteiger partial charge in [0.2, 0.25) is 53.2 Å². The molecule has 0 aromatic carbocycles. The molecule has 1 saturated heterocycles. The Labute approximate surface area is 501 Å². The van der Waals surface area contributed by atoms with Gasteiger partial charge in [-0.15, -0.1) is 0 Å². The van der Waals surface area contributed by atoms with Gasteiger partial charge in [0, 0.05) is 37.9 Å². The number of hydrogen-bond donors (Lipinski definition) is 20. The quantitative estimate of drug-likeness (QED) is 0.0125. The second-order valence-electron chi connectivity index (χ2n) is 20.7. The van der Waals surface area contributed by atoms with Crippen LogP contribution in [0.1, 0.15) is 115 Å². The normalized spacial score (nSPS) is 15.5. The van der Waals surface area contributed by atoms with Crippen molar-refractivity contribution in [2.24, 2.45) is 56.6 Å². The van der Waals surface area contributed by atoms with E-state index in [-0.39, 0.29) is 95.7 Å². The van der Waals surface area contributed by atoms with Crippen molar-refractivity contribution in [2.45, 2.75) is 164 Å². The highest BCUT2D eigenvalue weighted by Crippen LogP contribution is 2.21. The maximum Gasteiger partial charge on any atom is 0.268 e. The van der Waals surface area contributed by atoms with Crippen LogP contribution >= 0.6 is 0 Å². The van der Waals surface area contributed by atoms with Gasteiger partial charge >= 0.3 is 0 Å². The molecular formula is C53H98N22O11. The number of aromatic amines is 1. The molecule has 10 amide bonds. The highest BCUT2D eigenvalue weighted by Gasteiger charge is 2.40. The van der Waals surface area contributed by atoms with Crippen molar-refractivity contribution < 1.29 is 53.1 Å². The van der Waals surface area contributed by atoms with Crippen LogP contribution in [0, 0.1) is 0 Å². The first-order valence-corrected chi connectivity index (χ1v) is 29.6. The number of unbranched alkanes of at least 4 members (excludes halogenated alkanes) is 4. The van der Waals surface area contributed by atoms with E-state index in [0.717, 1.165) is 0 Å². The number of carbonyl (C=O) groups is 10. The number of rotatable bonds is 45. The summed E-state index contributed by atoms with van der Waals surface area (Å²) in [4.78, 5) is 150. The van der Waals surface area contributed by atoms with Crippen LogP contribution in [0.4, 0.5) is 0 Å². The lowest BCUT2D eigenvalue weighted by Gasteiger charge is -2.30. The Hall–Kier alpha value is -7.40. The Morgan fingerprint density at radius 2 is 1.20 bits per heavy atom. The number of H-pyrrole nitrogens is 1. The lowest BCUT2D eigenvalue weighted by atomic mass is 10.0. The van der Waals surface area contributed by atoms with Gasteiger partial charge in [-0.3, -0.25) is 52.9 Å². The molecule has 0 unspecified atom stereocenters. The van der Waals surface area contributed by atoms with Crippen molar-refractivity contribution in [3.05, 3.63) is 30.0 Å². The van der Waals surface area contributed by atoms with Crippen molar-refractivity contribution in [2.75, 3.05) is 72.1 Å². The number of nitrogens with two attached hydrogens (primary N) is 9. The fraction of sp³-hybridized carbons (Fsp3) is 0.698. The van der Waals surface area contributed by atoms with Gasteiger partial charge in [-0.05, 0) is 142 Å². The average Bonchev–Trinajstić information content (AvgIpc) is 3.06. The molecule has 1 aromatic heterocycles. The number of nitrogens with zero attached hydrogens (tertiary/aromatic N) is 3. The second kappa shape index (κ2) is 43.3. The number of aliphatic hydroxyl groups excluding tert-OH is 1. The van der Waals surface area contributed by atoms with E-state index in [9.17, 15) is 53.1 Å². The van der Waals surface area contributed by atoms with Crippen LogP contribution < -0.4 is 99.5 Å². The number of likely N-dealkylation sites (tertiary alicyclic amines) is 1. The van der Waals surface area contributed by atoms with Gasteiger partial charge < -0.3 is 114 Å². The van der Waals surface area contributed by atoms with Crippen LogP contribution in [-0.2, 0) is 54.4 Å². The Balaban J connectivity index is 2.34. The minimum Gasteiger partial charge on any atom is -0.394 e. The van der Waals surface area contributed by atoms with Crippen molar-refractivity contribution >= 4 is 65.0 Å². The number of imidazole rings is 1. The second-order valence-corrected chi connectivity index (χ2v) is 20.7. The molecule has 0 saturated carbocycles. The summed E-state index contributed by atoms with van der Waals surface area (Å²) < 4.78 is 0. The van der Waals surface area contributed by atoms with Gasteiger partial charge in [-0.25, -0.2) is 4.98 Å². The molecule has 0 radical (unpaired) electrons. The summed E-state index contributed by atoms with van der Waals surface area (Å²) in [5, 5.41) is 33.4. The predicted molar refractivity (Wildman–Crippen MR) is 320 cm³/mol. The number of hydrogen-bond acceptors (Lipinski definition) is 20. The summed E-state index contributed by atoms with van der Waals surface area (Å²) in [7, 11) is 0.